The fourth-order valence-electron chi connectivity index (χ4n) is 11.0. The van der Waals surface area contributed by atoms with Gasteiger partial charge in [-0.25, -0.2) is 0 Å². The third kappa shape index (κ3) is 12.7. The van der Waals surface area contributed by atoms with Crippen LogP contribution in [0.25, 0.3) is 0 Å². The molecule has 0 saturated carbocycles. The third-order valence-corrected chi connectivity index (χ3v) is 19.9. The minimum Gasteiger partial charge on any atom is -0.147 e. The van der Waals surface area contributed by atoms with E-state index in [1.807, 2.05) is 0 Å². The Bertz CT molecular complexity index is 2750. The Morgan fingerprint density at radius 1 is 0.306 bits per heavy atom. The Hall–Kier alpha value is -5.74. The molecule has 0 radical (unpaired) electrons. The zero-order chi connectivity index (χ0) is 47.0. The molecule has 72 heavy (non-hydrogen) atoms. The van der Waals surface area contributed by atoms with E-state index in [9.17, 15) is 0 Å². The molecule has 0 heterocycles. The van der Waals surface area contributed by atoms with Gasteiger partial charge in [0.1, 0.15) is 0 Å². The Morgan fingerprint density at radius 3 is 0.694 bits per heavy atom. The second-order valence-corrected chi connectivity index (χ2v) is 23.9. The van der Waals surface area contributed by atoms with Crippen molar-refractivity contribution in [3.63, 3.8) is 0 Å². The fraction of sp³-hybridized carbons (Fsp3) is 0.134. The standard InChI is InChI=1S/C67H59Si.3ClH.Ti/c1-50-33-34-51(2)67(50)68(64-44-58(35-52-21-9-3-10-22-52)41-59(45-64)36-53-23-11-4-12-24-53,65-46-60(37-54-25-13-5-14-26-54)42-61(47-65)38-55-27-15-6-16-28-55)66-48-62(39-56-29-17-7-18-30-56)43-63(49-66)40-57-31-19-8-20-32-57;;;;/h3-32,41-49H,33,35-40H2,1-2H3;3*1H;. The van der Waals surface area contributed by atoms with Crippen molar-refractivity contribution in [2.45, 2.75) is 58.8 Å². The molecule has 0 aromatic heterocycles. The molecule has 1 aliphatic carbocycles. The van der Waals surface area contributed by atoms with Crippen molar-refractivity contribution < 1.29 is 20.4 Å². The zero-order valence-electron chi connectivity index (χ0n) is 41.2. The number of rotatable bonds is 16. The molecule has 0 atom stereocenters. The van der Waals surface area contributed by atoms with E-state index in [0.29, 0.717) is 0 Å². The summed E-state index contributed by atoms with van der Waals surface area (Å²) in [6.45, 7) is 4.90. The second-order valence-electron chi connectivity index (χ2n) is 19.3. The maximum atomic E-state index is 2.65. The van der Waals surface area contributed by atoms with Crippen molar-refractivity contribution in [3.8, 4) is 0 Å². The maximum absolute atomic E-state index is 3.23. The molecule has 0 unspecified atom stereocenters. The molecule has 0 saturated heterocycles. The van der Waals surface area contributed by atoms with Gasteiger partial charge >= 0.3 is 426 Å². The smallest absolute Gasteiger partial charge is 0.147 e. The van der Waals surface area contributed by atoms with Crippen LogP contribution in [0.2, 0.25) is 0 Å². The molecule has 5 heteroatoms. The van der Waals surface area contributed by atoms with Gasteiger partial charge in [0.25, 0.3) is 0 Å². The van der Waals surface area contributed by atoms with Crippen molar-refractivity contribution in [2.75, 3.05) is 0 Å². The van der Waals surface area contributed by atoms with Crippen LogP contribution in [-0.4, -0.2) is 8.07 Å². The third-order valence-electron chi connectivity index (χ3n) is 14.0. The normalized spacial score (nSPS) is 12.2. The molecule has 0 aliphatic heterocycles. The predicted molar refractivity (Wildman–Crippen MR) is 311 cm³/mol. The second kappa shape index (κ2) is 25.3. The van der Waals surface area contributed by atoms with Crippen LogP contribution in [0.3, 0.4) is 0 Å². The molecule has 0 fully saturated rings. The van der Waals surface area contributed by atoms with E-state index in [1.165, 1.54) is 97.3 Å². The van der Waals surface area contributed by atoms with Gasteiger partial charge in [-0.1, -0.05) is 0 Å². The first kappa shape index (κ1) is 54.0. The Morgan fingerprint density at radius 2 is 0.514 bits per heavy atom. The first-order valence-corrected chi connectivity index (χ1v) is 27.4. The summed E-state index contributed by atoms with van der Waals surface area (Å²) >= 11 is 2.39. The molecular formula is C67H62Cl3SiTi. The zero-order valence-corrected chi connectivity index (χ0v) is 46.2. The summed E-state index contributed by atoms with van der Waals surface area (Å²) in [7, 11) is -3.23. The minimum absolute atomic E-state index is 0. The van der Waals surface area contributed by atoms with Gasteiger partial charge in [0.2, 0.25) is 0 Å². The van der Waals surface area contributed by atoms with Gasteiger partial charge in [-0.3, -0.25) is 0 Å². The molecule has 0 amide bonds. The first-order valence-electron chi connectivity index (χ1n) is 24.6. The Labute approximate surface area is 460 Å². The van der Waals surface area contributed by atoms with Crippen LogP contribution in [0.15, 0.2) is 257 Å². The summed E-state index contributed by atoms with van der Waals surface area (Å²) in [6, 6.07) is 90.0. The number of hydrogen-bond acceptors (Lipinski definition) is 0. The van der Waals surface area contributed by atoms with Gasteiger partial charge in [0.15, 0.2) is 0 Å². The maximum Gasteiger partial charge on any atom is -0.147 e. The summed E-state index contributed by atoms with van der Waals surface area (Å²) in [5.74, 6) is 0. The topological polar surface area (TPSA) is 0 Å². The first-order chi connectivity index (χ1) is 33.8. The van der Waals surface area contributed by atoms with E-state index in [2.05, 4.69) is 271 Å². The molecule has 9 aromatic carbocycles. The number of hydrogen-bond donors (Lipinski definition) is 0. The SMILES string of the molecule is CC1=C([Si](c2cc(Cc3ccccc3)cc(Cc3ccccc3)c2)(c2cc(Cc3ccccc3)cc(Cc3ccccc3)c2)c2cc(Cc3ccccc3)cc(Cc3ccccc3)c2)C(C)=[C]([Ti])C1.Cl.Cl.Cl. The molecular weight excluding hydrogens is 987 g/mol. The molecule has 1 aliphatic rings. The van der Waals surface area contributed by atoms with Crippen molar-refractivity contribution in [2.24, 2.45) is 0 Å². The number of allylic oxidation sites excluding steroid dienone is 4. The average Bonchev–Trinajstić information content (AvgIpc) is 3.62. The van der Waals surface area contributed by atoms with Gasteiger partial charge in [-0.2, -0.15) is 0 Å². The van der Waals surface area contributed by atoms with Crippen molar-refractivity contribution in [1.82, 2.24) is 0 Å². The summed E-state index contributed by atoms with van der Waals surface area (Å²) in [5.41, 5.74) is 19.2. The van der Waals surface area contributed by atoms with Gasteiger partial charge in [-0.15, -0.1) is 37.2 Å². The van der Waals surface area contributed by atoms with Gasteiger partial charge in [-0.05, 0) is 0 Å². The monoisotopic (exact) mass is 1050 g/mol. The Kier molecular flexibility index (Phi) is 19.0. The molecule has 359 valence electrons. The Balaban J connectivity index is 0.00000253. The van der Waals surface area contributed by atoms with Gasteiger partial charge < -0.3 is 0 Å². The summed E-state index contributed by atoms with van der Waals surface area (Å²) in [5, 5.41) is 5.98. The van der Waals surface area contributed by atoms with Crippen LogP contribution in [0.5, 0.6) is 0 Å². The van der Waals surface area contributed by atoms with E-state index in [4.69, 9.17) is 0 Å². The van der Waals surface area contributed by atoms with Crippen molar-refractivity contribution in [3.05, 3.63) is 324 Å². The quantitative estimate of drug-likeness (QED) is 0.0668. The van der Waals surface area contributed by atoms with Crippen LogP contribution in [-0.2, 0) is 59.0 Å². The molecule has 9 aromatic rings. The van der Waals surface area contributed by atoms with E-state index in [0.717, 1.165) is 44.9 Å². The summed E-state index contributed by atoms with van der Waals surface area (Å²) < 4.78 is 1.49. The summed E-state index contributed by atoms with van der Waals surface area (Å²) in [4.78, 5) is 0. The largest absolute Gasteiger partial charge is 0.147 e. The van der Waals surface area contributed by atoms with Gasteiger partial charge in [0, 0.05) is 0 Å². The predicted octanol–water partition coefficient (Wildman–Crippen LogP) is 15.0. The van der Waals surface area contributed by atoms with Crippen molar-refractivity contribution >= 4 is 60.9 Å². The molecule has 0 bridgehead atoms. The number of benzene rings is 9. The number of halogens is 3. The van der Waals surface area contributed by atoms with E-state index < -0.39 is 8.07 Å². The van der Waals surface area contributed by atoms with Crippen LogP contribution < -0.4 is 15.6 Å². The van der Waals surface area contributed by atoms with Crippen molar-refractivity contribution in [1.29, 1.82) is 0 Å². The van der Waals surface area contributed by atoms with E-state index in [1.54, 1.807) is 5.20 Å². The van der Waals surface area contributed by atoms with Crippen LogP contribution in [0.1, 0.15) is 87.0 Å². The van der Waals surface area contributed by atoms with E-state index >= 15 is 0 Å². The van der Waals surface area contributed by atoms with Crippen LogP contribution in [0, 0.1) is 0 Å². The summed E-state index contributed by atoms with van der Waals surface area (Å²) in [6.07, 6.45) is 6.21. The molecule has 0 N–H and O–H groups in total. The van der Waals surface area contributed by atoms with E-state index in [-0.39, 0.29) is 37.2 Å². The minimum atomic E-state index is -3.23. The molecule has 0 spiro atoms. The average molecular weight is 1050 g/mol. The van der Waals surface area contributed by atoms with Crippen LogP contribution >= 0.6 is 37.2 Å². The fourth-order valence-corrected chi connectivity index (χ4v) is 17.6. The molecule has 0 nitrogen and oxygen atoms in total. The van der Waals surface area contributed by atoms with Gasteiger partial charge in [0.05, 0.1) is 0 Å². The molecule has 10 rings (SSSR count). The van der Waals surface area contributed by atoms with Crippen LogP contribution in [0.4, 0.5) is 0 Å².